The lowest BCUT2D eigenvalue weighted by molar-refractivity contribution is 0.0374. The summed E-state index contributed by atoms with van der Waals surface area (Å²) in [7, 11) is 0. The first kappa shape index (κ1) is 12.3. The van der Waals surface area contributed by atoms with Crippen LogP contribution >= 0.6 is 0 Å². The topological polar surface area (TPSA) is 44.1 Å². The molecule has 94 valence electrons. The molecule has 0 aromatic carbocycles. The van der Waals surface area contributed by atoms with E-state index in [1.54, 1.807) is 6.20 Å². The molecule has 0 radical (unpaired) electrons. The first-order chi connectivity index (χ1) is 8.26. The normalized spacial score (nSPS) is 17.1. The van der Waals surface area contributed by atoms with Gasteiger partial charge in [0.15, 0.2) is 5.78 Å². The van der Waals surface area contributed by atoms with Crippen LogP contribution in [0.25, 0.3) is 0 Å². The quantitative estimate of drug-likeness (QED) is 0.682. The molecule has 0 spiro atoms. The van der Waals surface area contributed by atoms with Gasteiger partial charge in [-0.15, -0.1) is 0 Å². The maximum atomic E-state index is 12.3. The van der Waals surface area contributed by atoms with Gasteiger partial charge in [-0.2, -0.15) is 5.10 Å². The summed E-state index contributed by atoms with van der Waals surface area (Å²) in [5, 5.41) is 4.19. The SMILES string of the molecule is CCCn1cc(C(=O)C(OCC)C2CC2)cn1. The van der Waals surface area contributed by atoms with Crippen molar-refractivity contribution in [2.45, 2.75) is 45.8 Å². The summed E-state index contributed by atoms with van der Waals surface area (Å²) in [5.74, 6) is 0.522. The third-order valence-electron chi connectivity index (χ3n) is 3.03. The summed E-state index contributed by atoms with van der Waals surface area (Å²) in [6.45, 7) is 5.48. The van der Waals surface area contributed by atoms with Crippen LogP contribution in [0.4, 0.5) is 0 Å². The summed E-state index contributed by atoms with van der Waals surface area (Å²) < 4.78 is 7.39. The van der Waals surface area contributed by atoms with Crippen molar-refractivity contribution < 1.29 is 9.53 Å². The second-order valence-electron chi connectivity index (χ2n) is 4.57. The Labute approximate surface area is 102 Å². The lowest BCUT2D eigenvalue weighted by Gasteiger charge is -2.13. The number of carbonyl (C=O) groups is 1. The standard InChI is InChI=1S/C13H20N2O2/c1-3-7-15-9-11(8-14-15)12(16)13(17-4-2)10-5-6-10/h8-10,13H,3-7H2,1-2H3. The van der Waals surface area contributed by atoms with Crippen molar-refractivity contribution in [1.82, 2.24) is 9.78 Å². The van der Waals surface area contributed by atoms with Gasteiger partial charge in [-0.25, -0.2) is 0 Å². The highest BCUT2D eigenvalue weighted by molar-refractivity contribution is 5.99. The van der Waals surface area contributed by atoms with Crippen LogP contribution in [0, 0.1) is 5.92 Å². The van der Waals surface area contributed by atoms with Gasteiger partial charge in [0.25, 0.3) is 0 Å². The molecule has 0 amide bonds. The molecule has 0 saturated heterocycles. The molecule has 1 aliphatic carbocycles. The molecular formula is C13H20N2O2. The molecule has 0 N–H and O–H groups in total. The molecule has 1 aromatic heterocycles. The average molecular weight is 236 g/mol. The van der Waals surface area contributed by atoms with Crippen molar-refractivity contribution in [2.75, 3.05) is 6.61 Å². The van der Waals surface area contributed by atoms with Gasteiger partial charge < -0.3 is 4.74 Å². The molecule has 1 aromatic rings. The van der Waals surface area contributed by atoms with E-state index in [0.717, 1.165) is 25.8 Å². The van der Waals surface area contributed by atoms with Crippen LogP contribution in [0.15, 0.2) is 12.4 Å². The van der Waals surface area contributed by atoms with E-state index in [1.165, 1.54) is 0 Å². The van der Waals surface area contributed by atoms with Crippen molar-refractivity contribution in [3.8, 4) is 0 Å². The molecule has 4 nitrogen and oxygen atoms in total. The van der Waals surface area contributed by atoms with Gasteiger partial charge in [0.05, 0.1) is 11.8 Å². The summed E-state index contributed by atoms with van der Waals surface area (Å²) in [4.78, 5) is 12.3. The van der Waals surface area contributed by atoms with Crippen LogP contribution in [0.5, 0.6) is 0 Å². The zero-order valence-electron chi connectivity index (χ0n) is 10.6. The minimum Gasteiger partial charge on any atom is -0.370 e. The molecule has 1 saturated carbocycles. The number of nitrogens with zero attached hydrogens (tertiary/aromatic N) is 2. The highest BCUT2D eigenvalue weighted by Gasteiger charge is 2.37. The number of hydrogen-bond donors (Lipinski definition) is 0. The molecule has 4 heteroatoms. The number of carbonyl (C=O) groups excluding carboxylic acids is 1. The van der Waals surface area contributed by atoms with Crippen LogP contribution in [-0.4, -0.2) is 28.3 Å². The number of ketones is 1. The monoisotopic (exact) mass is 236 g/mol. The van der Waals surface area contributed by atoms with E-state index >= 15 is 0 Å². The van der Waals surface area contributed by atoms with Gasteiger partial charge in [-0.05, 0) is 32.1 Å². The number of aromatic nitrogens is 2. The van der Waals surface area contributed by atoms with E-state index in [-0.39, 0.29) is 11.9 Å². The molecule has 1 aliphatic rings. The predicted octanol–water partition coefficient (Wildman–Crippen LogP) is 2.29. The van der Waals surface area contributed by atoms with Crippen LogP contribution in [-0.2, 0) is 11.3 Å². The molecule has 1 unspecified atom stereocenters. The smallest absolute Gasteiger partial charge is 0.194 e. The lowest BCUT2D eigenvalue weighted by Crippen LogP contribution is -2.26. The zero-order chi connectivity index (χ0) is 12.3. The molecule has 1 fully saturated rings. The molecule has 1 heterocycles. The fraction of sp³-hybridized carbons (Fsp3) is 0.692. The minimum absolute atomic E-state index is 0.0942. The third kappa shape index (κ3) is 2.94. The Morgan fingerprint density at radius 1 is 1.59 bits per heavy atom. The predicted molar refractivity (Wildman–Crippen MR) is 65.0 cm³/mol. The Morgan fingerprint density at radius 3 is 2.94 bits per heavy atom. The van der Waals surface area contributed by atoms with E-state index < -0.39 is 0 Å². The van der Waals surface area contributed by atoms with Crippen LogP contribution in [0.2, 0.25) is 0 Å². The van der Waals surface area contributed by atoms with Gasteiger partial charge in [0.2, 0.25) is 0 Å². The van der Waals surface area contributed by atoms with Crippen molar-refractivity contribution in [3.63, 3.8) is 0 Å². The number of rotatable bonds is 7. The average Bonchev–Trinajstić information content (AvgIpc) is 3.06. The van der Waals surface area contributed by atoms with Gasteiger partial charge in [0.1, 0.15) is 6.10 Å². The molecule has 1 atom stereocenters. The van der Waals surface area contributed by atoms with Gasteiger partial charge in [-0.3, -0.25) is 9.48 Å². The highest BCUT2D eigenvalue weighted by Crippen LogP contribution is 2.35. The van der Waals surface area contributed by atoms with E-state index in [2.05, 4.69) is 12.0 Å². The molecule has 2 rings (SSSR count). The van der Waals surface area contributed by atoms with Crippen molar-refractivity contribution in [3.05, 3.63) is 18.0 Å². The van der Waals surface area contributed by atoms with Crippen LogP contribution in [0.1, 0.15) is 43.5 Å². The summed E-state index contributed by atoms with van der Waals surface area (Å²) in [5.41, 5.74) is 0.684. The van der Waals surface area contributed by atoms with E-state index in [1.807, 2.05) is 17.8 Å². The first-order valence-corrected chi connectivity index (χ1v) is 6.44. The van der Waals surface area contributed by atoms with Crippen LogP contribution in [0.3, 0.4) is 0 Å². The number of hydrogen-bond acceptors (Lipinski definition) is 3. The Balaban J connectivity index is 2.05. The fourth-order valence-electron chi connectivity index (χ4n) is 2.01. The fourth-order valence-corrected chi connectivity index (χ4v) is 2.01. The maximum absolute atomic E-state index is 12.3. The Bertz CT molecular complexity index is 383. The third-order valence-corrected chi connectivity index (χ3v) is 3.03. The maximum Gasteiger partial charge on any atom is 0.194 e. The number of Topliss-reactive ketones (excluding diaryl/α,β-unsaturated/α-hetero) is 1. The van der Waals surface area contributed by atoms with Crippen molar-refractivity contribution in [2.24, 2.45) is 5.92 Å². The summed E-state index contributed by atoms with van der Waals surface area (Å²) in [6, 6.07) is 0. The minimum atomic E-state index is -0.251. The number of ether oxygens (including phenoxy) is 1. The molecule has 17 heavy (non-hydrogen) atoms. The summed E-state index contributed by atoms with van der Waals surface area (Å²) >= 11 is 0. The first-order valence-electron chi connectivity index (χ1n) is 6.44. The Kier molecular flexibility index (Phi) is 3.94. The zero-order valence-corrected chi connectivity index (χ0v) is 10.6. The summed E-state index contributed by atoms with van der Waals surface area (Å²) in [6.07, 6.45) is 6.48. The van der Waals surface area contributed by atoms with Crippen molar-refractivity contribution >= 4 is 5.78 Å². The molecule has 0 bridgehead atoms. The molecular weight excluding hydrogens is 216 g/mol. The second kappa shape index (κ2) is 5.45. The van der Waals surface area contributed by atoms with E-state index in [0.29, 0.717) is 18.1 Å². The van der Waals surface area contributed by atoms with Crippen LogP contribution < -0.4 is 0 Å². The lowest BCUT2D eigenvalue weighted by atomic mass is 10.1. The second-order valence-corrected chi connectivity index (χ2v) is 4.57. The molecule has 0 aliphatic heterocycles. The van der Waals surface area contributed by atoms with Gasteiger partial charge >= 0.3 is 0 Å². The largest absolute Gasteiger partial charge is 0.370 e. The Morgan fingerprint density at radius 2 is 2.35 bits per heavy atom. The Hall–Kier alpha value is -1.16. The van der Waals surface area contributed by atoms with E-state index in [9.17, 15) is 4.79 Å². The number of aryl methyl sites for hydroxylation is 1. The van der Waals surface area contributed by atoms with Gasteiger partial charge in [0, 0.05) is 19.3 Å². The highest BCUT2D eigenvalue weighted by atomic mass is 16.5. The van der Waals surface area contributed by atoms with Crippen molar-refractivity contribution in [1.29, 1.82) is 0 Å². The van der Waals surface area contributed by atoms with Gasteiger partial charge in [-0.1, -0.05) is 6.92 Å². The van der Waals surface area contributed by atoms with E-state index in [4.69, 9.17) is 4.74 Å².